The first-order chi connectivity index (χ1) is 11.1. The van der Waals surface area contributed by atoms with E-state index in [1.54, 1.807) is 24.3 Å². The molecule has 0 aliphatic rings. The van der Waals surface area contributed by atoms with E-state index in [0.717, 1.165) is 11.1 Å². The van der Waals surface area contributed by atoms with Crippen LogP contribution in [0.3, 0.4) is 0 Å². The van der Waals surface area contributed by atoms with E-state index in [0.29, 0.717) is 17.1 Å². The van der Waals surface area contributed by atoms with Crippen LogP contribution in [-0.4, -0.2) is 16.1 Å². The monoisotopic (exact) mass is 327 g/mol. The van der Waals surface area contributed by atoms with Gasteiger partial charge in [-0.2, -0.15) is 0 Å². The summed E-state index contributed by atoms with van der Waals surface area (Å²) in [4.78, 5) is 12.1. The molecule has 0 radical (unpaired) electrons. The van der Waals surface area contributed by atoms with Crippen LogP contribution in [0.5, 0.6) is 0 Å². The molecule has 1 heterocycles. The fourth-order valence-electron chi connectivity index (χ4n) is 2.08. The molecule has 3 rings (SSSR count). The summed E-state index contributed by atoms with van der Waals surface area (Å²) in [6, 6.07) is 14.8. The second-order valence-electron chi connectivity index (χ2n) is 5.03. The normalized spacial score (nSPS) is 10.5. The average Bonchev–Trinajstić information content (AvgIpc) is 3.04. The van der Waals surface area contributed by atoms with Crippen molar-refractivity contribution in [2.24, 2.45) is 0 Å². The topological polar surface area (TPSA) is 68.0 Å². The Labute approximate surface area is 138 Å². The Hall–Kier alpha value is -2.66. The molecule has 1 aromatic heterocycles. The quantitative estimate of drug-likeness (QED) is 0.794. The first-order valence-electron chi connectivity index (χ1n) is 7.05. The van der Waals surface area contributed by atoms with Crippen LogP contribution in [0.1, 0.15) is 21.8 Å². The summed E-state index contributed by atoms with van der Waals surface area (Å²) in [5.41, 5.74) is 2.86. The van der Waals surface area contributed by atoms with Crippen LogP contribution in [0.4, 0.5) is 0 Å². The van der Waals surface area contributed by atoms with Gasteiger partial charge in [-0.15, -0.1) is 10.2 Å². The van der Waals surface area contributed by atoms with E-state index < -0.39 is 5.91 Å². The number of rotatable bonds is 4. The molecule has 1 amide bonds. The van der Waals surface area contributed by atoms with E-state index in [2.05, 4.69) is 15.5 Å². The summed E-state index contributed by atoms with van der Waals surface area (Å²) in [5.74, 6) is -0.188. The van der Waals surface area contributed by atoms with Gasteiger partial charge in [-0.05, 0) is 42.3 Å². The van der Waals surface area contributed by atoms with Crippen molar-refractivity contribution in [1.82, 2.24) is 15.5 Å². The number of nitrogens with zero attached hydrogens (tertiary/aromatic N) is 2. The molecule has 23 heavy (non-hydrogen) atoms. The summed E-state index contributed by atoms with van der Waals surface area (Å²) in [5, 5.41) is 11.1. The zero-order valence-electron chi connectivity index (χ0n) is 12.4. The zero-order valence-corrected chi connectivity index (χ0v) is 13.2. The molecule has 6 heteroatoms. The van der Waals surface area contributed by atoms with Crippen LogP contribution in [0.2, 0.25) is 5.02 Å². The lowest BCUT2D eigenvalue weighted by Crippen LogP contribution is -2.23. The third-order valence-electron chi connectivity index (χ3n) is 3.41. The van der Waals surface area contributed by atoms with Crippen LogP contribution in [0.15, 0.2) is 52.9 Å². The van der Waals surface area contributed by atoms with Gasteiger partial charge in [-0.25, -0.2) is 0 Å². The number of amides is 1. The number of aryl methyl sites for hydroxylation is 1. The molecule has 0 unspecified atom stereocenters. The summed E-state index contributed by atoms with van der Waals surface area (Å²) >= 11 is 5.84. The molecule has 0 fully saturated rings. The van der Waals surface area contributed by atoms with Gasteiger partial charge in [0.25, 0.3) is 0 Å². The van der Waals surface area contributed by atoms with E-state index in [9.17, 15) is 4.79 Å². The molecule has 0 aliphatic carbocycles. The highest BCUT2D eigenvalue weighted by molar-refractivity contribution is 6.30. The van der Waals surface area contributed by atoms with Gasteiger partial charge in [0.05, 0.1) is 0 Å². The standard InChI is InChI=1S/C17H14ClN3O2/c1-11-4-2-3-5-13(11)10-19-15(22)17-21-20-16(23-17)12-6-8-14(18)9-7-12/h2-9H,10H2,1H3,(H,19,22). The number of hydrogen-bond acceptors (Lipinski definition) is 4. The fourth-order valence-corrected chi connectivity index (χ4v) is 2.21. The highest BCUT2D eigenvalue weighted by Crippen LogP contribution is 2.20. The lowest BCUT2D eigenvalue weighted by molar-refractivity contribution is 0.0917. The van der Waals surface area contributed by atoms with Crippen LogP contribution in [-0.2, 0) is 6.54 Å². The largest absolute Gasteiger partial charge is 0.412 e. The van der Waals surface area contributed by atoms with Crippen LogP contribution < -0.4 is 5.32 Å². The van der Waals surface area contributed by atoms with E-state index in [4.69, 9.17) is 16.0 Å². The predicted molar refractivity (Wildman–Crippen MR) is 87.1 cm³/mol. The molecule has 0 spiro atoms. The third kappa shape index (κ3) is 3.57. The van der Waals surface area contributed by atoms with Crippen molar-refractivity contribution in [1.29, 1.82) is 0 Å². The molecule has 0 saturated heterocycles. The van der Waals surface area contributed by atoms with Crippen molar-refractivity contribution < 1.29 is 9.21 Å². The van der Waals surface area contributed by atoms with Crippen molar-refractivity contribution in [2.75, 3.05) is 0 Å². The Morgan fingerprint density at radius 3 is 2.61 bits per heavy atom. The number of hydrogen-bond donors (Lipinski definition) is 1. The van der Waals surface area contributed by atoms with E-state index in [1.165, 1.54) is 0 Å². The first-order valence-corrected chi connectivity index (χ1v) is 7.43. The number of halogens is 1. The molecule has 116 valence electrons. The molecule has 0 aliphatic heterocycles. The maximum Gasteiger partial charge on any atom is 0.309 e. The van der Waals surface area contributed by atoms with Gasteiger partial charge in [0.15, 0.2) is 0 Å². The fraction of sp³-hybridized carbons (Fsp3) is 0.118. The third-order valence-corrected chi connectivity index (χ3v) is 3.66. The zero-order chi connectivity index (χ0) is 16.2. The van der Waals surface area contributed by atoms with Gasteiger partial charge in [0, 0.05) is 17.1 Å². The highest BCUT2D eigenvalue weighted by Gasteiger charge is 2.15. The van der Waals surface area contributed by atoms with E-state index in [1.807, 2.05) is 31.2 Å². The molecule has 0 bridgehead atoms. The number of benzene rings is 2. The van der Waals surface area contributed by atoms with Gasteiger partial charge in [0.1, 0.15) is 0 Å². The van der Waals surface area contributed by atoms with Crippen LogP contribution in [0, 0.1) is 6.92 Å². The summed E-state index contributed by atoms with van der Waals surface area (Å²) in [6.45, 7) is 2.40. The minimum atomic E-state index is -0.402. The Kier molecular flexibility index (Phi) is 4.39. The molecule has 5 nitrogen and oxygen atoms in total. The molecule has 2 aromatic carbocycles. The molecule has 0 atom stereocenters. The molecular weight excluding hydrogens is 314 g/mol. The number of aromatic nitrogens is 2. The van der Waals surface area contributed by atoms with E-state index in [-0.39, 0.29) is 11.8 Å². The minimum absolute atomic E-state index is 0.0662. The van der Waals surface area contributed by atoms with Gasteiger partial charge in [-0.1, -0.05) is 35.9 Å². The Balaban J connectivity index is 1.69. The molecule has 1 N–H and O–H groups in total. The number of nitrogens with one attached hydrogen (secondary N) is 1. The van der Waals surface area contributed by atoms with Gasteiger partial charge >= 0.3 is 11.8 Å². The lowest BCUT2D eigenvalue weighted by Gasteiger charge is -2.05. The molecule has 0 saturated carbocycles. The summed E-state index contributed by atoms with van der Waals surface area (Å²) < 4.78 is 5.41. The van der Waals surface area contributed by atoms with E-state index >= 15 is 0 Å². The van der Waals surface area contributed by atoms with Gasteiger partial charge in [0.2, 0.25) is 5.89 Å². The predicted octanol–water partition coefficient (Wildman–Crippen LogP) is 3.63. The molecular formula is C17H14ClN3O2. The van der Waals surface area contributed by atoms with Gasteiger partial charge in [-0.3, -0.25) is 4.79 Å². The smallest absolute Gasteiger partial charge is 0.309 e. The van der Waals surface area contributed by atoms with Crippen molar-refractivity contribution >= 4 is 17.5 Å². The Morgan fingerprint density at radius 1 is 1.13 bits per heavy atom. The number of carbonyl (C=O) groups excluding carboxylic acids is 1. The van der Waals surface area contributed by atoms with Crippen LogP contribution in [0.25, 0.3) is 11.5 Å². The van der Waals surface area contributed by atoms with Gasteiger partial charge < -0.3 is 9.73 Å². The lowest BCUT2D eigenvalue weighted by atomic mass is 10.1. The minimum Gasteiger partial charge on any atom is -0.412 e. The second-order valence-corrected chi connectivity index (χ2v) is 5.46. The van der Waals surface area contributed by atoms with Crippen molar-refractivity contribution in [3.8, 4) is 11.5 Å². The SMILES string of the molecule is Cc1ccccc1CNC(=O)c1nnc(-c2ccc(Cl)cc2)o1. The maximum absolute atomic E-state index is 12.1. The first kappa shape index (κ1) is 15.2. The van der Waals surface area contributed by atoms with Crippen molar-refractivity contribution in [3.05, 3.63) is 70.6 Å². The Bertz CT molecular complexity index is 828. The summed E-state index contributed by atoms with van der Waals surface area (Å²) in [6.07, 6.45) is 0. The average molecular weight is 328 g/mol. The maximum atomic E-state index is 12.1. The Morgan fingerprint density at radius 2 is 1.87 bits per heavy atom. The number of carbonyl (C=O) groups is 1. The van der Waals surface area contributed by atoms with Crippen molar-refractivity contribution in [3.63, 3.8) is 0 Å². The summed E-state index contributed by atoms with van der Waals surface area (Å²) in [7, 11) is 0. The van der Waals surface area contributed by atoms with Crippen LogP contribution >= 0.6 is 11.6 Å². The van der Waals surface area contributed by atoms with Crippen molar-refractivity contribution in [2.45, 2.75) is 13.5 Å². The highest BCUT2D eigenvalue weighted by atomic mass is 35.5. The second kappa shape index (κ2) is 6.62. The molecule has 3 aromatic rings.